The Morgan fingerprint density at radius 2 is 1.67 bits per heavy atom. The second-order valence-electron chi connectivity index (χ2n) is 6.75. The number of carbonyl (C=O) groups is 3. The molecular formula is C21H25NO7S. The fourth-order valence-corrected chi connectivity index (χ4v) is 4.06. The van der Waals surface area contributed by atoms with Crippen LogP contribution in [0.5, 0.6) is 0 Å². The molecule has 1 aromatic carbocycles. The normalized spacial score (nSPS) is 11.4. The van der Waals surface area contributed by atoms with Gasteiger partial charge in [0.15, 0.2) is 15.8 Å². The lowest BCUT2D eigenvalue weighted by molar-refractivity contribution is -0.159. The number of esters is 2. The molecule has 0 fully saturated rings. The van der Waals surface area contributed by atoms with Gasteiger partial charge in [-0.2, -0.15) is 0 Å². The molecule has 1 heterocycles. The highest BCUT2D eigenvalue weighted by Gasteiger charge is 2.30. The van der Waals surface area contributed by atoms with Crippen LogP contribution in [0.2, 0.25) is 0 Å². The van der Waals surface area contributed by atoms with Crippen molar-refractivity contribution in [1.82, 2.24) is 4.57 Å². The van der Waals surface area contributed by atoms with Gasteiger partial charge in [0.25, 0.3) is 0 Å². The summed E-state index contributed by atoms with van der Waals surface area (Å²) < 4.78 is 35.1. The summed E-state index contributed by atoms with van der Waals surface area (Å²) in [5, 5.41) is -0.0778. The zero-order valence-corrected chi connectivity index (χ0v) is 18.2. The van der Waals surface area contributed by atoms with Gasteiger partial charge in [-0.1, -0.05) is 25.1 Å². The zero-order chi connectivity index (χ0) is 22.5. The molecule has 0 aliphatic carbocycles. The van der Waals surface area contributed by atoms with Crippen molar-refractivity contribution in [3.63, 3.8) is 0 Å². The molecule has 30 heavy (non-hydrogen) atoms. The van der Waals surface area contributed by atoms with Gasteiger partial charge >= 0.3 is 11.9 Å². The van der Waals surface area contributed by atoms with Gasteiger partial charge in [-0.3, -0.25) is 14.4 Å². The van der Waals surface area contributed by atoms with E-state index in [0.717, 1.165) is 32.5 Å². The van der Waals surface area contributed by atoms with Gasteiger partial charge in [-0.05, 0) is 36.6 Å². The first kappa shape index (κ1) is 23.3. The van der Waals surface area contributed by atoms with Crippen molar-refractivity contribution in [1.29, 1.82) is 0 Å². The number of nitrogens with zero attached hydrogens (tertiary/aromatic N) is 1. The number of aromatic nitrogens is 1. The van der Waals surface area contributed by atoms with Gasteiger partial charge in [0.05, 0.1) is 19.9 Å². The molecule has 0 unspecified atom stereocenters. The Bertz CT molecular complexity index is 1040. The van der Waals surface area contributed by atoms with E-state index >= 15 is 0 Å². The van der Waals surface area contributed by atoms with E-state index < -0.39 is 27.7 Å². The van der Waals surface area contributed by atoms with Crippen LogP contribution in [0.4, 0.5) is 0 Å². The number of ether oxygens (including phenoxy) is 2. The summed E-state index contributed by atoms with van der Waals surface area (Å²) in [6.07, 6.45) is 1.69. The Hall–Kier alpha value is -2.94. The number of sulfone groups is 1. The van der Waals surface area contributed by atoms with Gasteiger partial charge in [-0.25, -0.2) is 8.42 Å². The Morgan fingerprint density at radius 1 is 1.03 bits per heavy atom. The minimum absolute atomic E-state index is 0.0706. The topological polar surface area (TPSA) is 109 Å². The maximum Gasteiger partial charge on any atom is 0.320 e. The molecule has 0 saturated heterocycles. The van der Waals surface area contributed by atoms with E-state index in [1.165, 1.54) is 16.7 Å². The number of carbonyl (C=O) groups excluding carboxylic acids is 3. The van der Waals surface area contributed by atoms with Crippen LogP contribution in [-0.2, 0) is 41.9 Å². The van der Waals surface area contributed by atoms with Gasteiger partial charge in [-0.15, -0.1) is 0 Å². The molecule has 9 heteroatoms. The van der Waals surface area contributed by atoms with Crippen molar-refractivity contribution < 1.29 is 32.3 Å². The van der Waals surface area contributed by atoms with Gasteiger partial charge in [0.2, 0.25) is 5.78 Å². The van der Waals surface area contributed by atoms with E-state index in [-0.39, 0.29) is 29.5 Å². The van der Waals surface area contributed by atoms with Gasteiger partial charge < -0.3 is 14.0 Å². The average Bonchev–Trinajstić information content (AvgIpc) is 3.17. The Balaban J connectivity index is 2.46. The smallest absolute Gasteiger partial charge is 0.320 e. The average molecular weight is 435 g/mol. The van der Waals surface area contributed by atoms with Crippen molar-refractivity contribution in [3.05, 3.63) is 53.2 Å². The SMILES string of the molecule is CCc1cccc(C(=O)c2ccc(S(C)(=O)=O)n2CCC(C(=O)OC)C(=O)OC)c1. The van der Waals surface area contributed by atoms with Crippen LogP contribution in [0.15, 0.2) is 41.4 Å². The van der Waals surface area contributed by atoms with Crippen LogP contribution in [0.3, 0.4) is 0 Å². The molecule has 8 nitrogen and oxygen atoms in total. The molecule has 0 amide bonds. The summed E-state index contributed by atoms with van der Waals surface area (Å²) in [6, 6.07) is 9.85. The highest BCUT2D eigenvalue weighted by atomic mass is 32.2. The molecule has 0 atom stereocenters. The summed E-state index contributed by atoms with van der Waals surface area (Å²) in [4.78, 5) is 37.0. The quantitative estimate of drug-likeness (QED) is 0.337. The predicted octanol–water partition coefficient (Wildman–Crippen LogP) is 2.04. The maximum atomic E-state index is 13.1. The van der Waals surface area contributed by atoms with Crippen LogP contribution in [0, 0.1) is 5.92 Å². The first-order valence-electron chi connectivity index (χ1n) is 9.32. The third kappa shape index (κ3) is 5.15. The molecule has 0 bridgehead atoms. The lowest BCUT2D eigenvalue weighted by Gasteiger charge is -2.16. The first-order chi connectivity index (χ1) is 14.1. The van der Waals surface area contributed by atoms with E-state index in [0.29, 0.717) is 5.56 Å². The molecule has 0 aliphatic heterocycles. The number of hydrogen-bond donors (Lipinski definition) is 0. The largest absolute Gasteiger partial charge is 0.468 e. The molecular weight excluding hydrogens is 410 g/mol. The molecule has 2 aromatic rings. The Kier molecular flexibility index (Phi) is 7.55. The molecule has 0 saturated carbocycles. The van der Waals surface area contributed by atoms with E-state index in [2.05, 4.69) is 9.47 Å². The van der Waals surface area contributed by atoms with Crippen LogP contribution in [0.25, 0.3) is 0 Å². The van der Waals surface area contributed by atoms with Crippen molar-refractivity contribution >= 4 is 27.6 Å². The molecule has 2 rings (SSSR count). The third-order valence-electron chi connectivity index (χ3n) is 4.76. The number of aryl methyl sites for hydroxylation is 1. The number of ketones is 1. The number of rotatable bonds is 9. The summed E-state index contributed by atoms with van der Waals surface area (Å²) >= 11 is 0. The van der Waals surface area contributed by atoms with Crippen LogP contribution in [0.1, 0.15) is 35.0 Å². The molecule has 0 N–H and O–H groups in total. The highest BCUT2D eigenvalue weighted by molar-refractivity contribution is 7.90. The Morgan fingerprint density at radius 3 is 2.20 bits per heavy atom. The predicted molar refractivity (Wildman–Crippen MR) is 109 cm³/mol. The lowest BCUT2D eigenvalue weighted by atomic mass is 10.0. The van der Waals surface area contributed by atoms with Crippen LogP contribution >= 0.6 is 0 Å². The minimum atomic E-state index is -3.66. The molecule has 0 aliphatic rings. The molecule has 162 valence electrons. The van der Waals surface area contributed by atoms with E-state index in [9.17, 15) is 22.8 Å². The lowest BCUT2D eigenvalue weighted by Crippen LogP contribution is -2.28. The minimum Gasteiger partial charge on any atom is -0.468 e. The van der Waals surface area contributed by atoms with E-state index in [1.807, 2.05) is 13.0 Å². The van der Waals surface area contributed by atoms with Crippen LogP contribution < -0.4 is 0 Å². The first-order valence-corrected chi connectivity index (χ1v) is 11.2. The van der Waals surface area contributed by atoms with Crippen molar-refractivity contribution in [2.75, 3.05) is 20.5 Å². The van der Waals surface area contributed by atoms with E-state index in [1.54, 1.807) is 18.2 Å². The van der Waals surface area contributed by atoms with Crippen molar-refractivity contribution in [3.8, 4) is 0 Å². The second-order valence-corrected chi connectivity index (χ2v) is 8.71. The van der Waals surface area contributed by atoms with Crippen molar-refractivity contribution in [2.45, 2.75) is 31.3 Å². The molecule has 0 radical (unpaired) electrons. The summed E-state index contributed by atoms with van der Waals surface area (Å²) in [5.74, 6) is -3.18. The monoisotopic (exact) mass is 435 g/mol. The summed E-state index contributed by atoms with van der Waals surface area (Å²) in [7, 11) is -1.37. The number of benzene rings is 1. The standard InChI is InChI=1S/C21H25NO7S/c1-5-14-7-6-8-15(13-14)19(23)17-9-10-18(30(4,26)27)22(17)12-11-16(20(24)28-2)21(25)29-3/h6-10,13,16H,5,11-12H2,1-4H3. The zero-order valence-electron chi connectivity index (χ0n) is 17.4. The summed E-state index contributed by atoms with van der Waals surface area (Å²) in [5.41, 5.74) is 1.54. The Labute approximate surface area is 175 Å². The number of hydrogen-bond acceptors (Lipinski definition) is 7. The van der Waals surface area contributed by atoms with Gasteiger partial charge in [0, 0.05) is 18.4 Å². The fraction of sp³-hybridized carbons (Fsp3) is 0.381. The highest BCUT2D eigenvalue weighted by Crippen LogP contribution is 2.21. The summed E-state index contributed by atoms with van der Waals surface area (Å²) in [6.45, 7) is 1.90. The molecule has 1 aromatic heterocycles. The van der Waals surface area contributed by atoms with Gasteiger partial charge in [0.1, 0.15) is 5.03 Å². The number of methoxy groups -OCH3 is 2. The third-order valence-corrected chi connectivity index (χ3v) is 5.88. The maximum absolute atomic E-state index is 13.1. The molecule has 0 spiro atoms. The van der Waals surface area contributed by atoms with E-state index in [4.69, 9.17) is 0 Å². The van der Waals surface area contributed by atoms with Crippen molar-refractivity contribution in [2.24, 2.45) is 5.92 Å². The van der Waals surface area contributed by atoms with Crippen LogP contribution in [-0.4, -0.2) is 51.2 Å². The second kappa shape index (κ2) is 9.71. The fourth-order valence-electron chi connectivity index (χ4n) is 3.16.